The van der Waals surface area contributed by atoms with Crippen LogP contribution in [0.4, 0.5) is 17.1 Å². The number of nitrogens with two attached hydrogens (primary N) is 1. The normalized spacial score (nSPS) is 13.9. The Morgan fingerprint density at radius 2 is 1.55 bits per heavy atom. The lowest BCUT2D eigenvalue weighted by Gasteiger charge is -2.21. The number of nitrogens with one attached hydrogen (secondary N) is 1. The standard InChI is InChI=1S/C28H29N3O.ClH/c29-26-27(21-11-5-2-6-12-21)31-25-14-8-7-13-24(25)28(26)30-22-15-17-23(18-16-22)32-19-20-9-3-1-4-10-20;/h2,5-8,11-18,20H,1,3-4,9-10,19,29H2,(H,30,31);1H. The molecule has 4 aromatic rings. The molecule has 0 spiro atoms. The molecule has 5 heteroatoms. The Kier molecular flexibility index (Phi) is 7.36. The predicted octanol–water partition coefficient (Wildman–Crippen LogP) is 7.61. The first-order valence-electron chi connectivity index (χ1n) is 11.5. The minimum atomic E-state index is 0. The second kappa shape index (κ2) is 10.6. The van der Waals surface area contributed by atoms with E-state index in [1.54, 1.807) is 0 Å². The highest BCUT2D eigenvalue weighted by molar-refractivity contribution is 6.03. The fourth-order valence-electron chi connectivity index (χ4n) is 4.52. The summed E-state index contributed by atoms with van der Waals surface area (Å²) in [6.07, 6.45) is 6.62. The number of nitrogens with zero attached hydrogens (tertiary/aromatic N) is 1. The maximum Gasteiger partial charge on any atom is 0.119 e. The largest absolute Gasteiger partial charge is 0.493 e. The van der Waals surface area contributed by atoms with E-state index in [-0.39, 0.29) is 12.4 Å². The van der Waals surface area contributed by atoms with Crippen molar-refractivity contribution in [2.45, 2.75) is 32.1 Å². The van der Waals surface area contributed by atoms with Crippen molar-refractivity contribution in [1.82, 2.24) is 4.98 Å². The Morgan fingerprint density at radius 3 is 2.30 bits per heavy atom. The van der Waals surface area contributed by atoms with Crippen LogP contribution in [0.5, 0.6) is 5.75 Å². The third-order valence-corrected chi connectivity index (χ3v) is 6.31. The van der Waals surface area contributed by atoms with Crippen LogP contribution in [-0.2, 0) is 0 Å². The first kappa shape index (κ1) is 22.9. The van der Waals surface area contributed by atoms with Crippen molar-refractivity contribution in [2.24, 2.45) is 5.92 Å². The van der Waals surface area contributed by atoms with Gasteiger partial charge < -0.3 is 15.8 Å². The molecule has 0 saturated heterocycles. The molecule has 3 N–H and O–H groups in total. The molecule has 0 bridgehead atoms. The number of ether oxygens (including phenoxy) is 1. The number of benzene rings is 3. The van der Waals surface area contributed by atoms with Gasteiger partial charge in [0.25, 0.3) is 0 Å². The molecule has 0 amide bonds. The van der Waals surface area contributed by atoms with Crippen LogP contribution in [0.25, 0.3) is 22.2 Å². The molecule has 1 aliphatic carbocycles. The highest BCUT2D eigenvalue weighted by atomic mass is 35.5. The van der Waals surface area contributed by atoms with Crippen molar-refractivity contribution in [3.05, 3.63) is 78.9 Å². The first-order chi connectivity index (χ1) is 15.8. The number of para-hydroxylation sites is 1. The highest BCUT2D eigenvalue weighted by Crippen LogP contribution is 2.38. The van der Waals surface area contributed by atoms with E-state index in [1.165, 1.54) is 32.1 Å². The summed E-state index contributed by atoms with van der Waals surface area (Å²) in [5, 5.41) is 4.54. The molecule has 3 aromatic carbocycles. The molecule has 1 aliphatic rings. The molecule has 1 fully saturated rings. The van der Waals surface area contributed by atoms with Crippen LogP contribution in [0.15, 0.2) is 78.9 Å². The average molecular weight is 460 g/mol. The van der Waals surface area contributed by atoms with Gasteiger partial charge in [0.15, 0.2) is 0 Å². The second-order valence-corrected chi connectivity index (χ2v) is 8.60. The van der Waals surface area contributed by atoms with Gasteiger partial charge in [-0.2, -0.15) is 0 Å². The topological polar surface area (TPSA) is 60.2 Å². The van der Waals surface area contributed by atoms with Gasteiger partial charge in [-0.15, -0.1) is 12.4 Å². The van der Waals surface area contributed by atoms with E-state index in [4.69, 9.17) is 15.5 Å². The van der Waals surface area contributed by atoms with Gasteiger partial charge in [-0.3, -0.25) is 0 Å². The summed E-state index contributed by atoms with van der Waals surface area (Å²) in [6.45, 7) is 0.815. The Balaban J connectivity index is 0.00000259. The molecule has 1 saturated carbocycles. The lowest BCUT2D eigenvalue weighted by Crippen LogP contribution is -2.15. The molecule has 1 heterocycles. The van der Waals surface area contributed by atoms with E-state index in [0.717, 1.165) is 45.9 Å². The van der Waals surface area contributed by atoms with Gasteiger partial charge in [-0.1, -0.05) is 67.8 Å². The summed E-state index contributed by atoms with van der Waals surface area (Å²) in [6, 6.07) is 26.3. The van der Waals surface area contributed by atoms with E-state index in [0.29, 0.717) is 11.6 Å². The number of nitrogen functional groups attached to an aromatic ring is 1. The Morgan fingerprint density at radius 1 is 0.848 bits per heavy atom. The number of rotatable bonds is 6. The molecule has 170 valence electrons. The zero-order chi connectivity index (χ0) is 21.8. The van der Waals surface area contributed by atoms with Gasteiger partial charge >= 0.3 is 0 Å². The lowest BCUT2D eigenvalue weighted by atomic mass is 9.90. The van der Waals surface area contributed by atoms with Gasteiger partial charge in [0.2, 0.25) is 0 Å². The van der Waals surface area contributed by atoms with Crippen molar-refractivity contribution in [1.29, 1.82) is 0 Å². The van der Waals surface area contributed by atoms with Crippen molar-refractivity contribution in [2.75, 3.05) is 17.7 Å². The SMILES string of the molecule is Cl.Nc1c(-c2ccccc2)nc2ccccc2c1Nc1ccc(OCC2CCCCC2)cc1. The Hall–Kier alpha value is -3.24. The van der Waals surface area contributed by atoms with Crippen LogP contribution < -0.4 is 15.8 Å². The van der Waals surface area contributed by atoms with Crippen molar-refractivity contribution >= 4 is 40.4 Å². The smallest absolute Gasteiger partial charge is 0.119 e. The van der Waals surface area contributed by atoms with Crippen molar-refractivity contribution in [3.8, 4) is 17.0 Å². The van der Waals surface area contributed by atoms with Crippen LogP contribution in [0.3, 0.4) is 0 Å². The summed E-state index contributed by atoms with van der Waals surface area (Å²) >= 11 is 0. The van der Waals surface area contributed by atoms with E-state index >= 15 is 0 Å². The van der Waals surface area contributed by atoms with Crippen LogP contribution in [0.2, 0.25) is 0 Å². The minimum Gasteiger partial charge on any atom is -0.493 e. The van der Waals surface area contributed by atoms with Crippen molar-refractivity contribution < 1.29 is 4.74 Å². The fourth-order valence-corrected chi connectivity index (χ4v) is 4.52. The third-order valence-electron chi connectivity index (χ3n) is 6.31. The van der Waals surface area contributed by atoms with E-state index < -0.39 is 0 Å². The number of fused-ring (bicyclic) bond motifs is 1. The van der Waals surface area contributed by atoms with Crippen LogP contribution in [-0.4, -0.2) is 11.6 Å². The molecule has 5 rings (SSSR count). The third kappa shape index (κ3) is 5.23. The molecule has 0 radical (unpaired) electrons. The molecule has 0 aliphatic heterocycles. The quantitative estimate of drug-likeness (QED) is 0.311. The summed E-state index contributed by atoms with van der Waals surface area (Å²) in [4.78, 5) is 4.85. The number of anilines is 3. The second-order valence-electron chi connectivity index (χ2n) is 8.60. The molecular weight excluding hydrogens is 430 g/mol. The molecule has 0 unspecified atom stereocenters. The van der Waals surface area contributed by atoms with E-state index in [9.17, 15) is 0 Å². The van der Waals surface area contributed by atoms with E-state index in [1.807, 2.05) is 72.8 Å². The van der Waals surface area contributed by atoms with E-state index in [2.05, 4.69) is 11.4 Å². The van der Waals surface area contributed by atoms with Crippen LogP contribution >= 0.6 is 12.4 Å². The van der Waals surface area contributed by atoms with Gasteiger partial charge in [-0.05, 0) is 49.1 Å². The van der Waals surface area contributed by atoms with Crippen LogP contribution in [0, 0.1) is 5.92 Å². The number of aromatic nitrogens is 1. The first-order valence-corrected chi connectivity index (χ1v) is 11.5. The monoisotopic (exact) mass is 459 g/mol. The number of hydrogen-bond acceptors (Lipinski definition) is 4. The molecule has 4 nitrogen and oxygen atoms in total. The van der Waals surface area contributed by atoms with Crippen molar-refractivity contribution in [3.63, 3.8) is 0 Å². The summed E-state index contributed by atoms with van der Waals surface area (Å²) < 4.78 is 6.06. The van der Waals surface area contributed by atoms with Gasteiger partial charge in [-0.25, -0.2) is 4.98 Å². The Labute approximate surface area is 201 Å². The predicted molar refractivity (Wildman–Crippen MR) is 141 cm³/mol. The molecule has 33 heavy (non-hydrogen) atoms. The lowest BCUT2D eigenvalue weighted by molar-refractivity contribution is 0.209. The molecular formula is C28H30ClN3O. The fraction of sp³-hybridized carbons (Fsp3) is 0.250. The molecule has 1 aromatic heterocycles. The van der Waals surface area contributed by atoms with Gasteiger partial charge in [0.1, 0.15) is 5.75 Å². The maximum atomic E-state index is 6.64. The maximum absolute atomic E-state index is 6.64. The van der Waals surface area contributed by atoms with Crippen LogP contribution in [0.1, 0.15) is 32.1 Å². The summed E-state index contributed by atoms with van der Waals surface area (Å²) in [7, 11) is 0. The number of pyridine rings is 1. The minimum absolute atomic E-state index is 0. The summed E-state index contributed by atoms with van der Waals surface area (Å²) in [5.74, 6) is 1.61. The summed E-state index contributed by atoms with van der Waals surface area (Å²) in [5.41, 5.74) is 11.8. The number of halogens is 1. The van der Waals surface area contributed by atoms with Gasteiger partial charge in [0.05, 0.1) is 29.2 Å². The highest BCUT2D eigenvalue weighted by Gasteiger charge is 2.15. The average Bonchev–Trinajstić information content (AvgIpc) is 2.86. The molecule has 0 atom stereocenters. The number of hydrogen-bond donors (Lipinski definition) is 2. The van der Waals surface area contributed by atoms with Gasteiger partial charge in [0, 0.05) is 16.6 Å². The zero-order valence-corrected chi connectivity index (χ0v) is 19.5. The Bertz CT molecular complexity index is 1190. The zero-order valence-electron chi connectivity index (χ0n) is 18.7.